The van der Waals surface area contributed by atoms with Gasteiger partial charge in [0.25, 0.3) is 0 Å². The van der Waals surface area contributed by atoms with Gasteiger partial charge >= 0.3 is 0 Å². The van der Waals surface area contributed by atoms with Crippen LogP contribution in [0.3, 0.4) is 0 Å². The maximum atomic E-state index is 14.2. The van der Waals surface area contributed by atoms with E-state index in [-0.39, 0.29) is 5.56 Å². The Morgan fingerprint density at radius 2 is 1.54 bits per heavy atom. The molecule has 0 amide bonds. The lowest BCUT2D eigenvalue weighted by Gasteiger charge is -2.14. The van der Waals surface area contributed by atoms with Crippen molar-refractivity contribution in [2.24, 2.45) is 0 Å². The summed E-state index contributed by atoms with van der Waals surface area (Å²) in [6.45, 7) is 1.63. The van der Waals surface area contributed by atoms with Crippen LogP contribution in [0.2, 0.25) is 0 Å². The number of benzene rings is 2. The third-order valence-corrected chi connectivity index (χ3v) is 3.74. The lowest BCUT2D eigenvalue weighted by atomic mass is 9.94. The second-order valence-electron chi connectivity index (χ2n) is 5.37. The van der Waals surface area contributed by atoms with Gasteiger partial charge in [0, 0.05) is 18.6 Å². The third-order valence-electron chi connectivity index (χ3n) is 3.74. The highest BCUT2D eigenvalue weighted by Crippen LogP contribution is 2.37. The summed E-state index contributed by atoms with van der Waals surface area (Å²) in [6, 6.07) is 10.3. The minimum Gasteiger partial charge on any atom is -0.492 e. The zero-order valence-electron chi connectivity index (χ0n) is 12.7. The van der Waals surface area contributed by atoms with Gasteiger partial charge in [0.2, 0.25) is 5.88 Å². The average Bonchev–Trinajstić information content (AvgIpc) is 2.53. The largest absolute Gasteiger partial charge is 0.492 e. The normalized spacial score (nSPS) is 10.8. The van der Waals surface area contributed by atoms with Crippen molar-refractivity contribution < 1.29 is 18.3 Å². The molecular formula is C18H13F3N2O. The third kappa shape index (κ3) is 2.95. The molecule has 24 heavy (non-hydrogen) atoms. The molecule has 0 aliphatic heterocycles. The Hall–Kier alpha value is -2.89. The van der Waals surface area contributed by atoms with Gasteiger partial charge in [-0.25, -0.2) is 13.2 Å². The Morgan fingerprint density at radius 3 is 2.17 bits per heavy atom. The molecule has 0 fully saturated rings. The second kappa shape index (κ2) is 6.31. The van der Waals surface area contributed by atoms with Crippen LogP contribution in [0.1, 0.15) is 16.8 Å². The van der Waals surface area contributed by atoms with Gasteiger partial charge in [0.15, 0.2) is 0 Å². The van der Waals surface area contributed by atoms with Gasteiger partial charge in [-0.2, -0.15) is 5.10 Å². The van der Waals surface area contributed by atoms with Gasteiger partial charge in [0.1, 0.15) is 17.5 Å². The van der Waals surface area contributed by atoms with Gasteiger partial charge < -0.3 is 5.11 Å². The molecule has 0 spiro atoms. The van der Waals surface area contributed by atoms with E-state index in [2.05, 4.69) is 10.2 Å². The van der Waals surface area contributed by atoms with E-state index in [0.29, 0.717) is 29.8 Å². The summed E-state index contributed by atoms with van der Waals surface area (Å²) >= 11 is 0. The Labute approximate surface area is 136 Å². The zero-order chi connectivity index (χ0) is 17.3. The van der Waals surface area contributed by atoms with Gasteiger partial charge in [-0.15, -0.1) is 5.10 Å². The van der Waals surface area contributed by atoms with E-state index in [1.807, 2.05) is 30.3 Å². The molecule has 3 nitrogen and oxygen atoms in total. The number of hydrogen-bond acceptors (Lipinski definition) is 3. The molecule has 3 aromatic rings. The second-order valence-corrected chi connectivity index (χ2v) is 5.37. The standard InChI is InChI=1S/C18H13F3N2O/c1-10-13(7-11-5-3-2-4-6-11)16(18(24)23-22-10)17-14(20)8-12(19)9-15(17)21/h2-6,8-9H,7H2,1H3,(H,23,24). The van der Waals surface area contributed by atoms with Crippen molar-refractivity contribution in [2.75, 3.05) is 0 Å². The van der Waals surface area contributed by atoms with Crippen LogP contribution < -0.4 is 0 Å². The molecule has 3 rings (SSSR count). The maximum absolute atomic E-state index is 14.2. The molecule has 2 aromatic carbocycles. The first kappa shape index (κ1) is 16.0. The molecule has 122 valence electrons. The predicted molar refractivity (Wildman–Crippen MR) is 83.0 cm³/mol. The van der Waals surface area contributed by atoms with Crippen LogP contribution in [0.5, 0.6) is 5.88 Å². The lowest BCUT2D eigenvalue weighted by molar-refractivity contribution is 0.444. The first-order valence-electron chi connectivity index (χ1n) is 7.21. The predicted octanol–water partition coefficient (Wildman–Crippen LogP) is 4.17. The van der Waals surface area contributed by atoms with E-state index < -0.39 is 28.9 Å². The van der Waals surface area contributed by atoms with Crippen LogP contribution in [0.15, 0.2) is 42.5 Å². The molecular weight excluding hydrogens is 317 g/mol. The van der Waals surface area contributed by atoms with Crippen molar-refractivity contribution >= 4 is 0 Å². The quantitative estimate of drug-likeness (QED) is 0.784. The SMILES string of the molecule is Cc1nnc(O)c(-c2c(F)cc(F)cc2F)c1Cc1ccccc1. The molecule has 1 aromatic heterocycles. The molecule has 0 bridgehead atoms. The molecule has 0 saturated carbocycles. The van der Waals surface area contributed by atoms with Gasteiger partial charge in [0.05, 0.1) is 16.8 Å². The minimum absolute atomic E-state index is 0.110. The maximum Gasteiger partial charge on any atom is 0.239 e. The summed E-state index contributed by atoms with van der Waals surface area (Å²) in [5, 5.41) is 17.4. The first-order chi connectivity index (χ1) is 11.5. The highest BCUT2D eigenvalue weighted by molar-refractivity contribution is 5.74. The van der Waals surface area contributed by atoms with Gasteiger partial charge in [-0.1, -0.05) is 30.3 Å². The van der Waals surface area contributed by atoms with Crippen molar-refractivity contribution in [3.63, 3.8) is 0 Å². The Balaban J connectivity index is 2.23. The van der Waals surface area contributed by atoms with Crippen LogP contribution in [0, 0.1) is 24.4 Å². The van der Waals surface area contributed by atoms with E-state index >= 15 is 0 Å². The first-order valence-corrected chi connectivity index (χ1v) is 7.21. The molecule has 6 heteroatoms. The van der Waals surface area contributed by atoms with Crippen LogP contribution in [0.25, 0.3) is 11.1 Å². The summed E-state index contributed by atoms with van der Waals surface area (Å²) in [4.78, 5) is 0. The van der Waals surface area contributed by atoms with Crippen LogP contribution in [-0.4, -0.2) is 15.3 Å². The zero-order valence-corrected chi connectivity index (χ0v) is 12.7. The highest BCUT2D eigenvalue weighted by atomic mass is 19.1. The Kier molecular flexibility index (Phi) is 4.20. The number of aromatic hydroxyl groups is 1. The minimum atomic E-state index is -1.11. The fraction of sp³-hybridized carbons (Fsp3) is 0.111. The van der Waals surface area contributed by atoms with E-state index in [1.165, 1.54) is 0 Å². The monoisotopic (exact) mass is 330 g/mol. The van der Waals surface area contributed by atoms with E-state index in [0.717, 1.165) is 5.56 Å². The molecule has 0 atom stereocenters. The molecule has 1 N–H and O–H groups in total. The summed E-state index contributed by atoms with van der Waals surface area (Å²) in [7, 11) is 0. The van der Waals surface area contributed by atoms with Crippen molar-refractivity contribution in [3.8, 4) is 17.0 Å². The number of nitrogens with zero attached hydrogens (tertiary/aromatic N) is 2. The van der Waals surface area contributed by atoms with E-state index in [4.69, 9.17) is 0 Å². The molecule has 0 radical (unpaired) electrons. The fourth-order valence-electron chi connectivity index (χ4n) is 2.61. The van der Waals surface area contributed by atoms with Crippen LogP contribution in [0.4, 0.5) is 13.2 Å². The lowest BCUT2D eigenvalue weighted by Crippen LogP contribution is -2.04. The molecule has 0 aliphatic rings. The highest BCUT2D eigenvalue weighted by Gasteiger charge is 2.23. The van der Waals surface area contributed by atoms with Crippen molar-refractivity contribution in [3.05, 3.63) is 76.7 Å². The summed E-state index contributed by atoms with van der Waals surface area (Å²) < 4.78 is 41.6. The van der Waals surface area contributed by atoms with Gasteiger partial charge in [-0.3, -0.25) is 0 Å². The number of aryl methyl sites for hydroxylation is 1. The van der Waals surface area contributed by atoms with Crippen molar-refractivity contribution in [1.29, 1.82) is 0 Å². The smallest absolute Gasteiger partial charge is 0.239 e. The number of rotatable bonds is 3. The summed E-state index contributed by atoms with van der Waals surface area (Å²) in [5.41, 5.74) is 1.10. The molecule has 0 aliphatic carbocycles. The topological polar surface area (TPSA) is 46.0 Å². The number of aromatic nitrogens is 2. The molecule has 0 unspecified atom stereocenters. The fourth-order valence-corrected chi connectivity index (χ4v) is 2.61. The number of hydrogen-bond donors (Lipinski definition) is 1. The Morgan fingerprint density at radius 1 is 0.917 bits per heavy atom. The van der Waals surface area contributed by atoms with E-state index in [1.54, 1.807) is 6.92 Å². The van der Waals surface area contributed by atoms with Crippen molar-refractivity contribution in [2.45, 2.75) is 13.3 Å². The summed E-state index contributed by atoms with van der Waals surface area (Å²) in [5.74, 6) is -3.85. The van der Waals surface area contributed by atoms with Crippen LogP contribution >= 0.6 is 0 Å². The van der Waals surface area contributed by atoms with E-state index in [9.17, 15) is 18.3 Å². The Bertz CT molecular complexity index is 875. The molecule has 0 saturated heterocycles. The average molecular weight is 330 g/mol. The number of halogens is 3. The molecule has 1 heterocycles. The van der Waals surface area contributed by atoms with Crippen molar-refractivity contribution in [1.82, 2.24) is 10.2 Å². The van der Waals surface area contributed by atoms with Gasteiger partial charge in [-0.05, 0) is 18.1 Å². The summed E-state index contributed by atoms with van der Waals surface area (Å²) in [6.07, 6.45) is 0.293. The van der Waals surface area contributed by atoms with Crippen LogP contribution in [-0.2, 0) is 6.42 Å².